The van der Waals surface area contributed by atoms with E-state index in [1.807, 2.05) is 0 Å². The van der Waals surface area contributed by atoms with Crippen molar-refractivity contribution in [2.75, 3.05) is 19.7 Å². The predicted molar refractivity (Wildman–Crippen MR) is 75.0 cm³/mol. The molecule has 0 bridgehead atoms. The molecule has 1 aromatic rings. The van der Waals surface area contributed by atoms with Crippen LogP contribution in [0.4, 0.5) is 18.0 Å². The van der Waals surface area contributed by atoms with Crippen molar-refractivity contribution in [3.8, 4) is 5.75 Å². The van der Waals surface area contributed by atoms with Gasteiger partial charge in [0.1, 0.15) is 12.4 Å². The molecule has 0 unspecified atom stereocenters. The van der Waals surface area contributed by atoms with Gasteiger partial charge in [-0.2, -0.15) is 13.2 Å². The van der Waals surface area contributed by atoms with Gasteiger partial charge in [-0.15, -0.1) is 0 Å². The molecule has 0 aliphatic heterocycles. The van der Waals surface area contributed by atoms with Gasteiger partial charge in [-0.05, 0) is 24.6 Å². The van der Waals surface area contributed by atoms with Crippen molar-refractivity contribution in [1.29, 1.82) is 0 Å². The number of hydrogen-bond acceptors (Lipinski definition) is 3. The zero-order chi connectivity index (χ0) is 16.6. The van der Waals surface area contributed by atoms with Crippen molar-refractivity contribution in [1.82, 2.24) is 10.6 Å². The topological polar surface area (TPSA) is 70.6 Å². The van der Waals surface area contributed by atoms with E-state index in [0.29, 0.717) is 10.8 Å². The van der Waals surface area contributed by atoms with E-state index in [0.717, 1.165) is 0 Å². The monoisotopic (exact) mass is 340 g/mol. The van der Waals surface area contributed by atoms with E-state index in [1.165, 1.54) is 0 Å². The van der Waals surface area contributed by atoms with Crippen LogP contribution in [0.5, 0.6) is 5.75 Å². The molecule has 0 saturated heterocycles. The molecule has 0 saturated carbocycles. The van der Waals surface area contributed by atoms with Gasteiger partial charge in [0.15, 0.2) is 6.10 Å². The number of urea groups is 1. The summed E-state index contributed by atoms with van der Waals surface area (Å²) in [5.74, 6) is 0.544. The maximum Gasteiger partial charge on any atom is 0.414 e. The normalized spacial score (nSPS) is 12.6. The Balaban J connectivity index is 2.11. The van der Waals surface area contributed by atoms with E-state index < -0.39 is 24.7 Å². The van der Waals surface area contributed by atoms with Crippen LogP contribution >= 0.6 is 11.6 Å². The fourth-order valence-corrected chi connectivity index (χ4v) is 1.62. The first kappa shape index (κ1) is 18.4. The molecule has 1 rings (SSSR count). The number of hydrogen-bond donors (Lipinski definition) is 3. The quantitative estimate of drug-likeness (QED) is 0.667. The number of aliphatic hydroxyl groups is 1. The first-order valence-electron chi connectivity index (χ1n) is 6.44. The smallest absolute Gasteiger partial charge is 0.414 e. The molecular formula is C13H16ClF3N2O3. The summed E-state index contributed by atoms with van der Waals surface area (Å²) in [6.07, 6.45) is -7.72. The third kappa shape index (κ3) is 7.37. The lowest BCUT2D eigenvalue weighted by molar-refractivity contribution is -0.204. The SMILES string of the molecule is O=C(NCCOc1cccc(Cl)c1)NCC[C@@H](O)C(F)(F)F. The molecule has 2 amide bonds. The minimum atomic E-state index is -4.68. The highest BCUT2D eigenvalue weighted by atomic mass is 35.5. The summed E-state index contributed by atoms with van der Waals surface area (Å²) >= 11 is 5.76. The van der Waals surface area contributed by atoms with Crippen LogP contribution in [0.3, 0.4) is 0 Å². The van der Waals surface area contributed by atoms with Crippen LogP contribution in [0.1, 0.15) is 6.42 Å². The van der Waals surface area contributed by atoms with Gasteiger partial charge in [0.25, 0.3) is 0 Å². The van der Waals surface area contributed by atoms with E-state index in [-0.39, 0.29) is 19.7 Å². The largest absolute Gasteiger partial charge is 0.492 e. The zero-order valence-corrected chi connectivity index (χ0v) is 12.2. The number of rotatable bonds is 7. The van der Waals surface area contributed by atoms with Crippen molar-refractivity contribution in [2.24, 2.45) is 0 Å². The van der Waals surface area contributed by atoms with Gasteiger partial charge >= 0.3 is 12.2 Å². The predicted octanol–water partition coefficient (Wildman–Crippen LogP) is 2.33. The van der Waals surface area contributed by atoms with E-state index in [4.69, 9.17) is 21.4 Å². The molecule has 1 atom stereocenters. The van der Waals surface area contributed by atoms with Gasteiger partial charge in [0.05, 0.1) is 6.54 Å². The lowest BCUT2D eigenvalue weighted by Gasteiger charge is -2.14. The molecule has 0 fully saturated rings. The van der Waals surface area contributed by atoms with Crippen LogP contribution in [-0.2, 0) is 0 Å². The number of alkyl halides is 3. The summed E-state index contributed by atoms with van der Waals surface area (Å²) in [5, 5.41) is 13.9. The maximum atomic E-state index is 12.0. The third-order valence-corrected chi connectivity index (χ3v) is 2.77. The average Bonchev–Trinajstić information content (AvgIpc) is 2.42. The highest BCUT2D eigenvalue weighted by Gasteiger charge is 2.37. The second kappa shape index (κ2) is 8.70. The lowest BCUT2D eigenvalue weighted by Crippen LogP contribution is -2.40. The molecule has 124 valence electrons. The number of aliphatic hydroxyl groups excluding tert-OH is 1. The molecule has 0 radical (unpaired) electrons. The van der Waals surface area contributed by atoms with Gasteiger partial charge in [0, 0.05) is 11.6 Å². The Morgan fingerprint density at radius 1 is 1.32 bits per heavy atom. The molecule has 0 heterocycles. The summed E-state index contributed by atoms with van der Waals surface area (Å²) < 4.78 is 41.3. The highest BCUT2D eigenvalue weighted by Crippen LogP contribution is 2.21. The second-order valence-electron chi connectivity index (χ2n) is 4.33. The first-order valence-corrected chi connectivity index (χ1v) is 6.81. The Bertz CT molecular complexity index is 486. The molecule has 1 aromatic carbocycles. The molecular weight excluding hydrogens is 325 g/mol. The van der Waals surface area contributed by atoms with E-state index in [1.54, 1.807) is 24.3 Å². The summed E-state index contributed by atoms with van der Waals surface area (Å²) in [4.78, 5) is 11.3. The van der Waals surface area contributed by atoms with Gasteiger partial charge in [-0.25, -0.2) is 4.79 Å². The van der Waals surface area contributed by atoms with Crippen molar-refractivity contribution in [2.45, 2.75) is 18.7 Å². The van der Waals surface area contributed by atoms with Crippen LogP contribution in [-0.4, -0.2) is 43.1 Å². The molecule has 0 spiro atoms. The number of carbonyl (C=O) groups is 1. The highest BCUT2D eigenvalue weighted by molar-refractivity contribution is 6.30. The number of halogens is 4. The van der Waals surface area contributed by atoms with Crippen LogP contribution in [0.2, 0.25) is 5.02 Å². The third-order valence-electron chi connectivity index (χ3n) is 2.53. The molecule has 0 aliphatic carbocycles. The summed E-state index contributed by atoms with van der Waals surface area (Å²) in [5.41, 5.74) is 0. The van der Waals surface area contributed by atoms with Gasteiger partial charge in [-0.3, -0.25) is 0 Å². The van der Waals surface area contributed by atoms with E-state index in [9.17, 15) is 18.0 Å². The van der Waals surface area contributed by atoms with E-state index in [2.05, 4.69) is 10.6 Å². The second-order valence-corrected chi connectivity index (χ2v) is 4.77. The fourth-order valence-electron chi connectivity index (χ4n) is 1.44. The van der Waals surface area contributed by atoms with Gasteiger partial charge in [-0.1, -0.05) is 17.7 Å². The average molecular weight is 341 g/mol. The zero-order valence-electron chi connectivity index (χ0n) is 11.5. The van der Waals surface area contributed by atoms with Crippen LogP contribution in [0, 0.1) is 0 Å². The Kier molecular flexibility index (Phi) is 7.26. The van der Waals surface area contributed by atoms with Gasteiger partial charge < -0.3 is 20.5 Å². The van der Waals surface area contributed by atoms with E-state index >= 15 is 0 Å². The number of amides is 2. The number of benzene rings is 1. The molecule has 0 aliphatic rings. The minimum absolute atomic E-state index is 0.167. The van der Waals surface area contributed by atoms with Crippen molar-refractivity contribution >= 4 is 17.6 Å². The Morgan fingerprint density at radius 2 is 2.00 bits per heavy atom. The Labute approximate surface area is 130 Å². The standard InChI is InChI=1S/C13H16ClF3N2O3/c14-9-2-1-3-10(8-9)22-7-6-19-12(21)18-5-4-11(20)13(15,16)17/h1-3,8,11,20H,4-7H2,(H2,18,19,21)/t11-/m1/s1. The molecule has 0 aromatic heterocycles. The number of carbonyl (C=O) groups excluding carboxylic acids is 1. The summed E-state index contributed by atoms with van der Waals surface area (Å²) in [6.45, 7) is 0.0563. The fraction of sp³-hybridized carbons (Fsp3) is 0.462. The number of ether oxygens (including phenoxy) is 1. The molecule has 3 N–H and O–H groups in total. The van der Waals surface area contributed by atoms with Crippen molar-refractivity contribution in [3.63, 3.8) is 0 Å². The summed E-state index contributed by atoms with van der Waals surface area (Å²) in [7, 11) is 0. The maximum absolute atomic E-state index is 12.0. The minimum Gasteiger partial charge on any atom is -0.492 e. The van der Waals surface area contributed by atoms with Crippen LogP contribution in [0.25, 0.3) is 0 Å². The first-order chi connectivity index (χ1) is 10.3. The Morgan fingerprint density at radius 3 is 2.64 bits per heavy atom. The van der Waals surface area contributed by atoms with Crippen LogP contribution < -0.4 is 15.4 Å². The van der Waals surface area contributed by atoms with Crippen molar-refractivity contribution in [3.05, 3.63) is 29.3 Å². The Hall–Kier alpha value is -1.67. The molecule has 9 heteroatoms. The summed E-state index contributed by atoms with van der Waals surface area (Å²) in [6, 6.07) is 6.08. The molecule has 5 nitrogen and oxygen atoms in total. The number of nitrogens with one attached hydrogen (secondary N) is 2. The van der Waals surface area contributed by atoms with Crippen molar-refractivity contribution < 1.29 is 27.8 Å². The van der Waals surface area contributed by atoms with Crippen LogP contribution in [0.15, 0.2) is 24.3 Å². The van der Waals surface area contributed by atoms with Gasteiger partial charge in [0.2, 0.25) is 0 Å². The lowest BCUT2D eigenvalue weighted by atomic mass is 10.2. The molecule has 22 heavy (non-hydrogen) atoms.